The van der Waals surface area contributed by atoms with Crippen LogP contribution in [0.5, 0.6) is 0 Å². The van der Waals surface area contributed by atoms with E-state index in [0.29, 0.717) is 10.8 Å². The summed E-state index contributed by atoms with van der Waals surface area (Å²) in [5.74, 6) is 1.73. The van der Waals surface area contributed by atoms with Gasteiger partial charge >= 0.3 is 0 Å². The monoisotopic (exact) mass is 312 g/mol. The molecule has 0 N–H and O–H groups in total. The van der Waals surface area contributed by atoms with Crippen LogP contribution in [0.2, 0.25) is 0 Å². The predicted molar refractivity (Wildman–Crippen MR) is 84.1 cm³/mol. The van der Waals surface area contributed by atoms with E-state index in [4.69, 9.17) is 11.6 Å². The van der Waals surface area contributed by atoms with Crippen molar-refractivity contribution in [2.45, 2.75) is 43.4 Å². The van der Waals surface area contributed by atoms with E-state index in [1.807, 2.05) is 24.8 Å². The summed E-state index contributed by atoms with van der Waals surface area (Å²) in [5.41, 5.74) is 1.30. The summed E-state index contributed by atoms with van der Waals surface area (Å²) < 4.78 is 16.0. The fourth-order valence-electron chi connectivity index (χ4n) is 2.78. The summed E-state index contributed by atoms with van der Waals surface area (Å²) in [4.78, 5) is 4.42. The third-order valence-corrected chi connectivity index (χ3v) is 5.35. The highest BCUT2D eigenvalue weighted by Gasteiger charge is 2.21. The Morgan fingerprint density at radius 1 is 1.50 bits per heavy atom. The van der Waals surface area contributed by atoms with Crippen LogP contribution < -0.4 is 0 Å². The predicted octanol–water partition coefficient (Wildman–Crippen LogP) is 4.76. The summed E-state index contributed by atoms with van der Waals surface area (Å²) in [6.07, 6.45) is 3.80. The Kier molecular flexibility index (Phi) is 4.22. The van der Waals surface area contributed by atoms with Crippen molar-refractivity contribution >= 4 is 34.4 Å². The third kappa shape index (κ3) is 2.68. The molecule has 0 radical (unpaired) electrons. The molecular weight excluding hydrogens is 295 g/mol. The molecule has 1 fully saturated rings. The Morgan fingerprint density at radius 2 is 2.35 bits per heavy atom. The van der Waals surface area contributed by atoms with Crippen molar-refractivity contribution in [1.82, 2.24) is 9.55 Å². The Hall–Kier alpha value is -0.740. The molecule has 2 heterocycles. The zero-order valence-electron chi connectivity index (χ0n) is 11.5. The molecule has 2 nitrogen and oxygen atoms in total. The highest BCUT2D eigenvalue weighted by molar-refractivity contribution is 7.99. The van der Waals surface area contributed by atoms with E-state index >= 15 is 0 Å². The van der Waals surface area contributed by atoms with E-state index in [0.717, 1.165) is 17.9 Å². The quantitative estimate of drug-likeness (QED) is 0.760. The van der Waals surface area contributed by atoms with Crippen molar-refractivity contribution in [3.8, 4) is 0 Å². The summed E-state index contributed by atoms with van der Waals surface area (Å²) >= 11 is 8.25. The molecule has 1 aromatic carbocycles. The van der Waals surface area contributed by atoms with Gasteiger partial charge in [0.15, 0.2) is 5.82 Å². The first-order valence-corrected chi connectivity index (χ1v) is 8.55. The standard InChI is InChI=1S/C15H18ClFN2S/c1-10(16)15-18-14-12(17)6-4-7-13(14)19(15)9-11-5-2-3-8-20-11/h4,6-7,10-11H,2-3,5,8-9H2,1H3. The number of para-hydroxylation sites is 1. The van der Waals surface area contributed by atoms with Crippen molar-refractivity contribution < 1.29 is 4.39 Å². The van der Waals surface area contributed by atoms with Gasteiger partial charge in [-0.1, -0.05) is 12.5 Å². The number of hydrogen-bond donors (Lipinski definition) is 0. The number of fused-ring (bicyclic) bond motifs is 1. The highest BCUT2D eigenvalue weighted by atomic mass is 35.5. The van der Waals surface area contributed by atoms with Crippen LogP contribution in [0.15, 0.2) is 18.2 Å². The zero-order valence-corrected chi connectivity index (χ0v) is 13.1. The molecular formula is C15H18ClFN2S. The third-order valence-electron chi connectivity index (χ3n) is 3.78. The van der Waals surface area contributed by atoms with Gasteiger partial charge in [0.05, 0.1) is 10.9 Å². The zero-order chi connectivity index (χ0) is 14.1. The van der Waals surface area contributed by atoms with Crippen molar-refractivity contribution in [2.24, 2.45) is 0 Å². The van der Waals surface area contributed by atoms with E-state index in [1.54, 1.807) is 6.07 Å². The normalized spacial score (nSPS) is 21.2. The molecule has 5 heteroatoms. The van der Waals surface area contributed by atoms with Crippen LogP contribution in [0.1, 0.15) is 37.4 Å². The minimum atomic E-state index is -0.267. The SMILES string of the molecule is CC(Cl)c1nc2c(F)cccc2n1CC1CCCCS1. The number of thioether (sulfide) groups is 1. The maximum atomic E-state index is 13.9. The maximum absolute atomic E-state index is 13.9. The lowest BCUT2D eigenvalue weighted by atomic mass is 10.2. The molecule has 2 aromatic rings. The van der Waals surface area contributed by atoms with Crippen LogP contribution in [0, 0.1) is 5.82 Å². The first kappa shape index (κ1) is 14.2. The van der Waals surface area contributed by atoms with Crippen LogP contribution in [0.25, 0.3) is 11.0 Å². The molecule has 0 spiro atoms. The van der Waals surface area contributed by atoms with E-state index in [1.165, 1.54) is 31.1 Å². The Morgan fingerprint density at radius 3 is 3.05 bits per heavy atom. The highest BCUT2D eigenvalue weighted by Crippen LogP contribution is 2.31. The lowest BCUT2D eigenvalue weighted by molar-refractivity contribution is 0.575. The van der Waals surface area contributed by atoms with Gasteiger partial charge < -0.3 is 4.57 Å². The fraction of sp³-hybridized carbons (Fsp3) is 0.533. The number of hydrogen-bond acceptors (Lipinski definition) is 2. The molecule has 108 valence electrons. The molecule has 0 bridgehead atoms. The van der Waals surface area contributed by atoms with Gasteiger partial charge in [-0.15, -0.1) is 11.6 Å². The van der Waals surface area contributed by atoms with Gasteiger partial charge in [-0.2, -0.15) is 11.8 Å². The number of alkyl halides is 1. The van der Waals surface area contributed by atoms with Gasteiger partial charge in [-0.05, 0) is 37.7 Å². The Balaban J connectivity index is 2.02. The summed E-state index contributed by atoms with van der Waals surface area (Å²) in [6, 6.07) is 5.13. The van der Waals surface area contributed by atoms with E-state index < -0.39 is 0 Å². The van der Waals surface area contributed by atoms with Gasteiger partial charge in [0.2, 0.25) is 0 Å². The second kappa shape index (κ2) is 5.94. The first-order valence-electron chi connectivity index (χ1n) is 7.07. The molecule has 0 saturated carbocycles. The molecule has 2 unspecified atom stereocenters. The molecule has 1 aromatic heterocycles. The van der Waals surface area contributed by atoms with Crippen molar-refractivity contribution in [3.63, 3.8) is 0 Å². The fourth-order valence-corrected chi connectivity index (χ4v) is 4.24. The number of halogens is 2. The average molecular weight is 313 g/mol. The molecule has 20 heavy (non-hydrogen) atoms. The van der Waals surface area contributed by atoms with Gasteiger partial charge in [-0.3, -0.25) is 0 Å². The smallest absolute Gasteiger partial charge is 0.151 e. The second-order valence-electron chi connectivity index (χ2n) is 5.29. The Labute approximate surface area is 127 Å². The summed E-state index contributed by atoms with van der Waals surface area (Å²) in [5, 5.41) is 0.369. The molecule has 2 atom stereocenters. The van der Waals surface area contributed by atoms with E-state index in [9.17, 15) is 4.39 Å². The van der Waals surface area contributed by atoms with Gasteiger partial charge in [0.25, 0.3) is 0 Å². The van der Waals surface area contributed by atoms with E-state index in [-0.39, 0.29) is 11.2 Å². The minimum Gasteiger partial charge on any atom is -0.326 e. The lowest BCUT2D eigenvalue weighted by Gasteiger charge is -2.23. The number of benzene rings is 1. The van der Waals surface area contributed by atoms with Gasteiger partial charge in [-0.25, -0.2) is 9.37 Å². The summed E-state index contributed by atoms with van der Waals surface area (Å²) in [6.45, 7) is 2.77. The van der Waals surface area contributed by atoms with Crippen LogP contribution in [0.3, 0.4) is 0 Å². The molecule has 3 rings (SSSR count). The largest absolute Gasteiger partial charge is 0.326 e. The summed E-state index contributed by atoms with van der Waals surface area (Å²) in [7, 11) is 0. The van der Waals surface area contributed by atoms with Crippen molar-refractivity contribution in [2.75, 3.05) is 5.75 Å². The number of rotatable bonds is 3. The first-order chi connectivity index (χ1) is 9.66. The maximum Gasteiger partial charge on any atom is 0.151 e. The van der Waals surface area contributed by atoms with E-state index in [2.05, 4.69) is 9.55 Å². The van der Waals surface area contributed by atoms with Crippen LogP contribution in [0.4, 0.5) is 4.39 Å². The Bertz CT molecular complexity index is 605. The van der Waals surface area contributed by atoms with Crippen molar-refractivity contribution in [3.05, 3.63) is 29.8 Å². The lowest BCUT2D eigenvalue weighted by Crippen LogP contribution is -2.18. The van der Waals surface area contributed by atoms with Crippen molar-refractivity contribution in [1.29, 1.82) is 0 Å². The van der Waals surface area contributed by atoms with Crippen LogP contribution in [-0.2, 0) is 6.54 Å². The molecule has 1 saturated heterocycles. The number of nitrogens with zero attached hydrogens (tertiary/aromatic N) is 2. The number of imidazole rings is 1. The molecule has 0 aliphatic carbocycles. The molecule has 1 aliphatic rings. The molecule has 0 amide bonds. The second-order valence-corrected chi connectivity index (χ2v) is 7.36. The number of aromatic nitrogens is 2. The minimum absolute atomic E-state index is 0.213. The van der Waals surface area contributed by atoms with Gasteiger partial charge in [0.1, 0.15) is 11.3 Å². The van der Waals surface area contributed by atoms with Crippen LogP contribution >= 0.6 is 23.4 Å². The topological polar surface area (TPSA) is 17.8 Å². The average Bonchev–Trinajstić information content (AvgIpc) is 2.81. The molecule has 1 aliphatic heterocycles. The van der Waals surface area contributed by atoms with Crippen LogP contribution in [-0.4, -0.2) is 20.6 Å². The van der Waals surface area contributed by atoms with Gasteiger partial charge in [0, 0.05) is 11.8 Å².